The van der Waals surface area contributed by atoms with Gasteiger partial charge in [0.25, 0.3) is 5.69 Å². The van der Waals surface area contributed by atoms with Gasteiger partial charge in [0, 0.05) is 12.1 Å². The van der Waals surface area contributed by atoms with Gasteiger partial charge in [-0.15, -0.1) is 5.10 Å². The molecule has 2 aromatic carbocycles. The van der Waals surface area contributed by atoms with E-state index < -0.39 is 27.5 Å². The van der Waals surface area contributed by atoms with E-state index in [9.17, 15) is 25.0 Å². The lowest BCUT2D eigenvalue weighted by atomic mass is 10.1. The van der Waals surface area contributed by atoms with Crippen molar-refractivity contribution in [3.05, 3.63) is 73.4 Å². The van der Waals surface area contributed by atoms with E-state index in [1.807, 2.05) is 32.9 Å². The average Bonchev–Trinajstić information content (AvgIpc) is 3.21. The largest absolute Gasteiger partial charge is 0.475 e. The van der Waals surface area contributed by atoms with Crippen molar-refractivity contribution in [2.75, 3.05) is 12.4 Å². The second-order valence-corrected chi connectivity index (χ2v) is 7.71. The van der Waals surface area contributed by atoms with Crippen LogP contribution in [0.2, 0.25) is 0 Å². The molecule has 1 amide bonds. The number of aryl methyl sites for hydroxylation is 2. The summed E-state index contributed by atoms with van der Waals surface area (Å²) in [5.74, 6) is -0.130. The first-order chi connectivity index (χ1) is 16.0. The maximum Gasteiger partial charge on any atom is 0.350 e. The predicted molar refractivity (Wildman–Crippen MR) is 123 cm³/mol. The van der Waals surface area contributed by atoms with Crippen LogP contribution in [0, 0.1) is 41.0 Å². The quantitative estimate of drug-likeness (QED) is 0.370. The Hall–Kier alpha value is -4.48. The van der Waals surface area contributed by atoms with E-state index in [2.05, 4.69) is 10.4 Å². The van der Waals surface area contributed by atoms with Crippen molar-refractivity contribution >= 4 is 23.0 Å². The molecule has 0 radical (unpaired) electrons. The summed E-state index contributed by atoms with van der Waals surface area (Å²) in [6, 6.07) is 6.75. The van der Waals surface area contributed by atoms with Crippen molar-refractivity contribution in [1.82, 2.24) is 9.78 Å². The van der Waals surface area contributed by atoms with Gasteiger partial charge in [0.2, 0.25) is 5.91 Å². The van der Waals surface area contributed by atoms with Gasteiger partial charge in [-0.05, 0) is 50.5 Å². The molecule has 12 heteroatoms. The molecular weight excluding hydrogens is 446 g/mol. The number of nitro benzene ring substituents is 1. The van der Waals surface area contributed by atoms with Crippen molar-refractivity contribution in [3.8, 4) is 17.4 Å². The molecule has 0 fully saturated rings. The molecule has 0 saturated heterocycles. The third-order valence-corrected chi connectivity index (χ3v) is 5.21. The van der Waals surface area contributed by atoms with Crippen LogP contribution in [-0.2, 0) is 4.79 Å². The van der Waals surface area contributed by atoms with Crippen molar-refractivity contribution in [2.45, 2.75) is 33.7 Å². The predicted octanol–water partition coefficient (Wildman–Crippen LogP) is 4.63. The molecule has 34 heavy (non-hydrogen) atoms. The van der Waals surface area contributed by atoms with Gasteiger partial charge < -0.3 is 14.8 Å². The van der Waals surface area contributed by atoms with Crippen molar-refractivity contribution < 1.29 is 24.1 Å². The molecule has 0 bridgehead atoms. The molecule has 178 valence electrons. The molecule has 1 unspecified atom stereocenters. The molecule has 0 spiro atoms. The van der Waals surface area contributed by atoms with Crippen LogP contribution in [0.1, 0.15) is 29.7 Å². The van der Waals surface area contributed by atoms with Gasteiger partial charge in [-0.2, -0.15) is 0 Å². The van der Waals surface area contributed by atoms with Gasteiger partial charge in [-0.3, -0.25) is 25.0 Å². The first kappa shape index (κ1) is 24.2. The molecule has 0 aliphatic carbocycles. The third-order valence-electron chi connectivity index (χ3n) is 5.21. The zero-order valence-electron chi connectivity index (χ0n) is 19.2. The van der Waals surface area contributed by atoms with Crippen LogP contribution in [0.25, 0.3) is 0 Å². The molecule has 1 aromatic heterocycles. The van der Waals surface area contributed by atoms with Crippen LogP contribution in [-0.4, -0.2) is 32.6 Å². The number of rotatable bonds is 8. The minimum Gasteiger partial charge on any atom is -0.475 e. The smallest absolute Gasteiger partial charge is 0.350 e. The summed E-state index contributed by atoms with van der Waals surface area (Å²) in [6.07, 6.45) is 1.08. The molecule has 1 N–H and O–H groups in total. The van der Waals surface area contributed by atoms with E-state index in [0.717, 1.165) is 27.6 Å². The van der Waals surface area contributed by atoms with Crippen LogP contribution in [0.5, 0.6) is 17.4 Å². The number of hydrogen-bond acceptors (Lipinski definition) is 8. The highest BCUT2D eigenvalue weighted by Gasteiger charge is 2.26. The van der Waals surface area contributed by atoms with Crippen LogP contribution in [0.4, 0.5) is 17.1 Å². The maximum absolute atomic E-state index is 12.8. The van der Waals surface area contributed by atoms with Gasteiger partial charge in [0.05, 0.1) is 28.7 Å². The van der Waals surface area contributed by atoms with E-state index in [0.29, 0.717) is 5.75 Å². The second-order valence-electron chi connectivity index (χ2n) is 7.71. The molecule has 3 aromatic rings. The molecule has 0 aliphatic rings. The van der Waals surface area contributed by atoms with E-state index in [4.69, 9.17) is 9.47 Å². The minimum atomic E-state index is -0.979. The fraction of sp³-hybridized carbons (Fsp3) is 0.273. The molecule has 1 heterocycles. The summed E-state index contributed by atoms with van der Waals surface area (Å²) in [5.41, 5.74) is 2.30. The fourth-order valence-electron chi connectivity index (χ4n) is 3.25. The van der Waals surface area contributed by atoms with Crippen LogP contribution >= 0.6 is 0 Å². The van der Waals surface area contributed by atoms with E-state index in [1.165, 1.54) is 32.2 Å². The monoisotopic (exact) mass is 469 g/mol. The topological polar surface area (TPSA) is 152 Å². The van der Waals surface area contributed by atoms with E-state index in [1.54, 1.807) is 0 Å². The average molecular weight is 469 g/mol. The Labute approximate surface area is 194 Å². The highest BCUT2D eigenvalue weighted by Crippen LogP contribution is 2.33. The SMILES string of the molecule is COc1nn(C(C)C(=O)Nc2cc(Oc3cc(C)cc(C)c3C)cc([N+](=O)[O-])c2)cc1[N+](=O)[O-]. The van der Waals surface area contributed by atoms with E-state index >= 15 is 0 Å². The summed E-state index contributed by atoms with van der Waals surface area (Å²) >= 11 is 0. The Morgan fingerprint density at radius 1 is 1.09 bits per heavy atom. The lowest BCUT2D eigenvalue weighted by Crippen LogP contribution is -2.24. The lowest BCUT2D eigenvalue weighted by molar-refractivity contribution is -0.385. The number of carbonyl (C=O) groups excluding carboxylic acids is 1. The van der Waals surface area contributed by atoms with Gasteiger partial charge in [0.1, 0.15) is 23.7 Å². The number of hydrogen-bond donors (Lipinski definition) is 1. The van der Waals surface area contributed by atoms with Gasteiger partial charge in [-0.25, -0.2) is 4.68 Å². The number of amides is 1. The number of carbonyl (C=O) groups is 1. The molecule has 12 nitrogen and oxygen atoms in total. The van der Waals surface area contributed by atoms with Crippen LogP contribution in [0.15, 0.2) is 36.5 Å². The van der Waals surface area contributed by atoms with Crippen molar-refractivity contribution in [3.63, 3.8) is 0 Å². The summed E-state index contributed by atoms with van der Waals surface area (Å²) in [5, 5.41) is 29.1. The first-order valence-corrected chi connectivity index (χ1v) is 10.1. The zero-order chi connectivity index (χ0) is 25.2. The van der Waals surface area contributed by atoms with Gasteiger partial charge in [-0.1, -0.05) is 6.07 Å². The molecule has 1 atom stereocenters. The van der Waals surface area contributed by atoms with Crippen molar-refractivity contribution in [2.24, 2.45) is 0 Å². The summed E-state index contributed by atoms with van der Waals surface area (Å²) in [6.45, 7) is 7.20. The number of benzene rings is 2. The van der Waals surface area contributed by atoms with Gasteiger partial charge >= 0.3 is 11.6 Å². The summed E-state index contributed by atoms with van der Waals surface area (Å²) in [7, 11) is 1.23. The number of aromatic nitrogens is 2. The Bertz CT molecular complexity index is 1280. The number of nitrogens with one attached hydrogen (secondary N) is 1. The highest BCUT2D eigenvalue weighted by atomic mass is 16.6. The molecule has 0 aliphatic heterocycles. The van der Waals surface area contributed by atoms with Crippen molar-refractivity contribution in [1.29, 1.82) is 0 Å². The number of methoxy groups -OCH3 is 1. The van der Waals surface area contributed by atoms with Gasteiger partial charge in [0.15, 0.2) is 0 Å². The zero-order valence-corrected chi connectivity index (χ0v) is 19.2. The minimum absolute atomic E-state index is 0.122. The third kappa shape index (κ3) is 5.11. The lowest BCUT2D eigenvalue weighted by Gasteiger charge is -2.15. The number of non-ortho nitro benzene ring substituents is 1. The van der Waals surface area contributed by atoms with Crippen LogP contribution < -0.4 is 14.8 Å². The molecule has 0 saturated carbocycles. The second kappa shape index (κ2) is 9.57. The van der Waals surface area contributed by atoms with Crippen LogP contribution in [0.3, 0.4) is 0 Å². The Morgan fingerprint density at radius 2 is 1.79 bits per heavy atom. The highest BCUT2D eigenvalue weighted by molar-refractivity contribution is 5.94. The normalized spacial score (nSPS) is 11.6. The summed E-state index contributed by atoms with van der Waals surface area (Å²) < 4.78 is 11.9. The number of nitro groups is 2. The number of ether oxygens (including phenoxy) is 2. The Balaban J connectivity index is 1.90. The summed E-state index contributed by atoms with van der Waals surface area (Å²) in [4.78, 5) is 34.1. The molecule has 3 rings (SSSR count). The van der Waals surface area contributed by atoms with E-state index in [-0.39, 0.29) is 23.0 Å². The number of nitrogens with zero attached hydrogens (tertiary/aromatic N) is 4. The fourth-order valence-corrected chi connectivity index (χ4v) is 3.25. The maximum atomic E-state index is 12.8. The first-order valence-electron chi connectivity index (χ1n) is 10.1. The molecular formula is C22H23N5O7. The Morgan fingerprint density at radius 3 is 2.38 bits per heavy atom. The Kier molecular flexibility index (Phi) is 6.80. The number of anilines is 1. The standard InChI is InChI=1S/C22H23N5O7/c1-12-6-13(2)14(3)20(7-12)34-18-9-16(8-17(10-18)26(29)30)23-21(28)15(4)25-11-19(27(31)32)22(24-25)33-5/h6-11,15H,1-5H3,(H,23,28).